The Hall–Kier alpha value is -2.54. The van der Waals surface area contributed by atoms with Crippen molar-refractivity contribution in [2.75, 3.05) is 45.1 Å². The van der Waals surface area contributed by atoms with Gasteiger partial charge in [0.1, 0.15) is 17.3 Å². The molecular formula is C22H33N5O2. The van der Waals surface area contributed by atoms with E-state index in [2.05, 4.69) is 32.7 Å². The number of hydrogen-bond acceptors (Lipinski definition) is 7. The molecule has 29 heavy (non-hydrogen) atoms. The molecule has 0 spiro atoms. The Bertz CT molecular complexity index is 753. The van der Waals surface area contributed by atoms with Crippen LogP contribution in [0.4, 0.5) is 11.8 Å². The van der Waals surface area contributed by atoms with Crippen LogP contribution >= 0.6 is 0 Å². The first-order valence-electron chi connectivity index (χ1n) is 10.3. The lowest BCUT2D eigenvalue weighted by Gasteiger charge is -2.29. The van der Waals surface area contributed by atoms with E-state index in [0.29, 0.717) is 12.0 Å². The minimum Gasteiger partial charge on any atom is -0.497 e. The number of anilines is 2. The first-order valence-corrected chi connectivity index (χ1v) is 10.3. The second-order valence-corrected chi connectivity index (χ2v) is 7.85. The van der Waals surface area contributed by atoms with Crippen molar-refractivity contribution in [1.29, 1.82) is 0 Å². The molecule has 0 unspecified atom stereocenters. The molecule has 158 valence electrons. The smallest absolute Gasteiger partial charge is 0.224 e. The van der Waals surface area contributed by atoms with Gasteiger partial charge in [0.2, 0.25) is 5.95 Å². The van der Waals surface area contributed by atoms with E-state index in [0.717, 1.165) is 49.2 Å². The number of hydrogen-bond donors (Lipinski definition) is 2. The Kier molecular flexibility index (Phi) is 7.52. The van der Waals surface area contributed by atoms with Crippen molar-refractivity contribution in [3.05, 3.63) is 36.0 Å². The summed E-state index contributed by atoms with van der Waals surface area (Å²) in [7, 11) is 7.35. The number of methoxy groups -OCH3 is 2. The maximum Gasteiger partial charge on any atom is 0.224 e. The largest absolute Gasteiger partial charge is 0.497 e. The Morgan fingerprint density at radius 3 is 2.34 bits per heavy atom. The maximum atomic E-state index is 5.35. The highest BCUT2D eigenvalue weighted by atomic mass is 16.5. The Labute approximate surface area is 173 Å². The monoisotopic (exact) mass is 399 g/mol. The van der Waals surface area contributed by atoms with Gasteiger partial charge in [0.05, 0.1) is 14.2 Å². The van der Waals surface area contributed by atoms with Crippen molar-refractivity contribution in [2.45, 2.75) is 38.3 Å². The molecule has 1 fully saturated rings. The van der Waals surface area contributed by atoms with Crippen molar-refractivity contribution in [3.8, 4) is 11.5 Å². The standard InChI is InChI=1S/C22H33N5O2/c1-27(2)21-9-10-24-22(26-21)25-18-7-5-16(6-8-18)14-23-15-17-11-19(28-3)13-20(12-17)29-4/h9-13,16,18,23H,5-8,14-15H2,1-4H3,(H,24,25,26)/t16-,18+. The molecule has 0 saturated heterocycles. The van der Waals surface area contributed by atoms with Crippen LogP contribution in [-0.2, 0) is 6.54 Å². The van der Waals surface area contributed by atoms with Gasteiger partial charge < -0.3 is 25.0 Å². The second-order valence-electron chi connectivity index (χ2n) is 7.85. The molecule has 2 aromatic rings. The fraction of sp³-hybridized carbons (Fsp3) is 0.545. The molecule has 0 radical (unpaired) electrons. The zero-order valence-electron chi connectivity index (χ0n) is 17.9. The van der Waals surface area contributed by atoms with Gasteiger partial charge in [-0.05, 0) is 61.9 Å². The minimum atomic E-state index is 0.450. The van der Waals surface area contributed by atoms with Gasteiger partial charge in [-0.1, -0.05) is 0 Å². The summed E-state index contributed by atoms with van der Waals surface area (Å²) in [5.41, 5.74) is 1.18. The number of nitrogens with zero attached hydrogens (tertiary/aromatic N) is 3. The molecule has 2 N–H and O–H groups in total. The summed E-state index contributed by atoms with van der Waals surface area (Å²) >= 11 is 0. The van der Waals surface area contributed by atoms with Gasteiger partial charge in [0, 0.05) is 38.9 Å². The van der Waals surface area contributed by atoms with Crippen LogP contribution in [0, 0.1) is 5.92 Å². The summed E-state index contributed by atoms with van der Waals surface area (Å²) in [6.07, 6.45) is 6.52. The van der Waals surface area contributed by atoms with E-state index >= 15 is 0 Å². The van der Waals surface area contributed by atoms with Gasteiger partial charge in [-0.15, -0.1) is 0 Å². The lowest BCUT2D eigenvalue weighted by atomic mass is 9.86. The predicted molar refractivity (Wildman–Crippen MR) is 117 cm³/mol. The summed E-state index contributed by atoms with van der Waals surface area (Å²) < 4.78 is 10.7. The van der Waals surface area contributed by atoms with Crippen molar-refractivity contribution in [1.82, 2.24) is 15.3 Å². The molecule has 3 rings (SSSR count). The molecule has 0 atom stereocenters. The number of rotatable bonds is 9. The van der Waals surface area contributed by atoms with Crippen LogP contribution < -0.4 is 25.0 Å². The van der Waals surface area contributed by atoms with Gasteiger partial charge in [0.25, 0.3) is 0 Å². The summed E-state index contributed by atoms with van der Waals surface area (Å²) in [5, 5.41) is 7.10. The third-order valence-corrected chi connectivity index (χ3v) is 5.45. The fourth-order valence-electron chi connectivity index (χ4n) is 3.75. The highest BCUT2D eigenvalue weighted by molar-refractivity contribution is 5.41. The van der Waals surface area contributed by atoms with Crippen LogP contribution in [0.15, 0.2) is 30.5 Å². The summed E-state index contributed by atoms with van der Waals surface area (Å²) in [4.78, 5) is 10.9. The predicted octanol–water partition coefficient (Wildman–Crippen LogP) is 3.32. The second kappa shape index (κ2) is 10.3. The normalized spacial score (nSPS) is 18.9. The van der Waals surface area contributed by atoms with E-state index in [1.165, 1.54) is 18.4 Å². The minimum absolute atomic E-state index is 0.450. The van der Waals surface area contributed by atoms with Crippen LogP contribution in [0.5, 0.6) is 11.5 Å². The van der Waals surface area contributed by atoms with E-state index in [-0.39, 0.29) is 0 Å². The third kappa shape index (κ3) is 6.22. The quantitative estimate of drug-likeness (QED) is 0.670. The van der Waals surface area contributed by atoms with E-state index in [1.807, 2.05) is 37.3 Å². The van der Waals surface area contributed by atoms with Crippen molar-refractivity contribution >= 4 is 11.8 Å². The van der Waals surface area contributed by atoms with Gasteiger partial charge >= 0.3 is 0 Å². The fourth-order valence-corrected chi connectivity index (χ4v) is 3.75. The molecule has 7 nitrogen and oxygen atoms in total. The third-order valence-electron chi connectivity index (χ3n) is 5.45. The van der Waals surface area contributed by atoms with Crippen LogP contribution in [0.1, 0.15) is 31.2 Å². The van der Waals surface area contributed by atoms with Crippen LogP contribution in [0.3, 0.4) is 0 Å². The Morgan fingerprint density at radius 2 is 1.72 bits per heavy atom. The van der Waals surface area contributed by atoms with Crippen molar-refractivity contribution < 1.29 is 9.47 Å². The van der Waals surface area contributed by atoms with Crippen LogP contribution in [0.2, 0.25) is 0 Å². The lowest BCUT2D eigenvalue weighted by molar-refractivity contribution is 0.323. The van der Waals surface area contributed by atoms with E-state index < -0.39 is 0 Å². The molecule has 1 heterocycles. The van der Waals surface area contributed by atoms with Crippen LogP contribution in [0.25, 0.3) is 0 Å². The number of aromatic nitrogens is 2. The molecule has 1 saturated carbocycles. The highest BCUT2D eigenvalue weighted by Gasteiger charge is 2.21. The molecule has 1 aromatic carbocycles. The van der Waals surface area contributed by atoms with Gasteiger partial charge in [-0.3, -0.25) is 0 Å². The first-order chi connectivity index (χ1) is 14.1. The average Bonchev–Trinajstić information content (AvgIpc) is 2.75. The SMILES string of the molecule is COc1cc(CNC[C@H]2CC[C@@H](Nc3nccc(N(C)C)n3)CC2)cc(OC)c1. The lowest BCUT2D eigenvalue weighted by Crippen LogP contribution is -2.31. The molecule has 1 aliphatic carbocycles. The number of benzene rings is 1. The summed E-state index contributed by atoms with van der Waals surface area (Å²) in [5.74, 6) is 4.01. The zero-order valence-corrected chi connectivity index (χ0v) is 17.9. The van der Waals surface area contributed by atoms with Gasteiger partial charge in [-0.2, -0.15) is 4.98 Å². The molecule has 1 aromatic heterocycles. The molecule has 0 aliphatic heterocycles. The Balaban J connectivity index is 1.42. The van der Waals surface area contributed by atoms with E-state index in [4.69, 9.17) is 9.47 Å². The van der Waals surface area contributed by atoms with Crippen LogP contribution in [-0.4, -0.2) is 50.9 Å². The number of ether oxygens (including phenoxy) is 2. The first kappa shape index (κ1) is 21.2. The Morgan fingerprint density at radius 1 is 1.03 bits per heavy atom. The van der Waals surface area contributed by atoms with E-state index in [9.17, 15) is 0 Å². The van der Waals surface area contributed by atoms with Gasteiger partial charge in [-0.25, -0.2) is 4.98 Å². The molecule has 1 aliphatic rings. The average molecular weight is 400 g/mol. The summed E-state index contributed by atoms with van der Waals surface area (Å²) in [6.45, 7) is 1.84. The van der Waals surface area contributed by atoms with Crippen molar-refractivity contribution in [3.63, 3.8) is 0 Å². The van der Waals surface area contributed by atoms with E-state index in [1.54, 1.807) is 14.2 Å². The maximum absolute atomic E-state index is 5.35. The number of nitrogens with one attached hydrogen (secondary N) is 2. The van der Waals surface area contributed by atoms with Gasteiger partial charge in [0.15, 0.2) is 0 Å². The molecule has 0 bridgehead atoms. The highest BCUT2D eigenvalue weighted by Crippen LogP contribution is 2.26. The molecule has 7 heteroatoms. The molecule has 0 amide bonds. The zero-order chi connectivity index (χ0) is 20.6. The summed E-state index contributed by atoms with van der Waals surface area (Å²) in [6, 6.07) is 8.38. The van der Waals surface area contributed by atoms with Crippen molar-refractivity contribution in [2.24, 2.45) is 5.92 Å². The molecular weight excluding hydrogens is 366 g/mol. The topological polar surface area (TPSA) is 71.5 Å².